The van der Waals surface area contributed by atoms with Crippen molar-refractivity contribution in [1.29, 1.82) is 0 Å². The highest BCUT2D eigenvalue weighted by molar-refractivity contribution is 5.07. The van der Waals surface area contributed by atoms with E-state index in [2.05, 4.69) is 22.2 Å². The number of nitrogens with one attached hydrogen (secondary N) is 2. The van der Waals surface area contributed by atoms with Crippen LogP contribution >= 0.6 is 0 Å². The molecular formula is C13H23N3. The Balaban J connectivity index is 1.59. The van der Waals surface area contributed by atoms with Gasteiger partial charge in [0.25, 0.3) is 0 Å². The minimum Gasteiger partial charge on any atom is -0.348 e. The molecular weight excluding hydrogens is 198 g/mol. The maximum Gasteiger partial charge on any atom is 0.0925 e. The van der Waals surface area contributed by atoms with Crippen molar-refractivity contribution in [2.24, 2.45) is 5.92 Å². The Bertz CT molecular complexity index is 300. The maximum atomic E-state index is 4.28. The summed E-state index contributed by atoms with van der Waals surface area (Å²) in [6, 6.07) is 0. The first-order chi connectivity index (χ1) is 7.86. The smallest absolute Gasteiger partial charge is 0.0925 e. The summed E-state index contributed by atoms with van der Waals surface area (Å²) in [7, 11) is 0. The lowest BCUT2D eigenvalue weighted by Crippen LogP contribution is -2.19. The van der Waals surface area contributed by atoms with Crippen LogP contribution < -0.4 is 5.32 Å². The molecule has 1 aromatic heterocycles. The third-order valence-electron chi connectivity index (χ3n) is 3.68. The number of hydrogen-bond acceptors (Lipinski definition) is 2. The van der Waals surface area contributed by atoms with E-state index in [9.17, 15) is 0 Å². The summed E-state index contributed by atoms with van der Waals surface area (Å²) in [5, 5.41) is 3.49. The van der Waals surface area contributed by atoms with Crippen LogP contribution in [0, 0.1) is 12.8 Å². The lowest BCUT2D eigenvalue weighted by Gasteiger charge is -2.21. The van der Waals surface area contributed by atoms with Gasteiger partial charge in [0.2, 0.25) is 0 Å². The van der Waals surface area contributed by atoms with Crippen molar-refractivity contribution in [3.8, 4) is 0 Å². The van der Waals surface area contributed by atoms with E-state index in [1.807, 2.05) is 0 Å². The Labute approximate surface area is 98.1 Å². The summed E-state index contributed by atoms with van der Waals surface area (Å²) in [5.41, 5.74) is 2.34. The number of aryl methyl sites for hydroxylation is 1. The van der Waals surface area contributed by atoms with Crippen LogP contribution in [0.3, 0.4) is 0 Å². The van der Waals surface area contributed by atoms with Crippen LogP contribution in [0.4, 0.5) is 0 Å². The molecule has 2 rings (SSSR count). The van der Waals surface area contributed by atoms with E-state index >= 15 is 0 Å². The van der Waals surface area contributed by atoms with Gasteiger partial charge in [-0.3, -0.25) is 0 Å². The first-order valence-electron chi connectivity index (χ1n) is 6.56. The second-order valence-corrected chi connectivity index (χ2v) is 4.94. The molecule has 0 aliphatic heterocycles. The van der Waals surface area contributed by atoms with Crippen LogP contribution in [0.5, 0.6) is 0 Å². The van der Waals surface area contributed by atoms with Crippen LogP contribution in [-0.4, -0.2) is 16.5 Å². The van der Waals surface area contributed by atoms with Gasteiger partial charge in [0.1, 0.15) is 0 Å². The van der Waals surface area contributed by atoms with E-state index in [0.717, 1.165) is 24.7 Å². The van der Waals surface area contributed by atoms with Crippen molar-refractivity contribution in [1.82, 2.24) is 15.3 Å². The number of aromatic nitrogens is 2. The molecule has 0 unspecified atom stereocenters. The molecule has 3 heteroatoms. The predicted molar refractivity (Wildman–Crippen MR) is 66.2 cm³/mol. The van der Waals surface area contributed by atoms with E-state index < -0.39 is 0 Å². The van der Waals surface area contributed by atoms with Crippen LogP contribution in [0.15, 0.2) is 6.33 Å². The average Bonchev–Trinajstić information content (AvgIpc) is 2.72. The Hall–Kier alpha value is -0.830. The molecule has 0 bridgehead atoms. The van der Waals surface area contributed by atoms with Gasteiger partial charge in [-0.2, -0.15) is 0 Å². The van der Waals surface area contributed by atoms with Crippen molar-refractivity contribution in [3.05, 3.63) is 17.7 Å². The van der Waals surface area contributed by atoms with Gasteiger partial charge < -0.3 is 10.3 Å². The Kier molecular flexibility index (Phi) is 4.40. The van der Waals surface area contributed by atoms with E-state index in [0.29, 0.717) is 0 Å². The molecule has 3 nitrogen and oxygen atoms in total. The van der Waals surface area contributed by atoms with Crippen molar-refractivity contribution in [3.63, 3.8) is 0 Å². The van der Waals surface area contributed by atoms with E-state index in [-0.39, 0.29) is 0 Å². The highest BCUT2D eigenvalue weighted by atomic mass is 14.9. The third-order valence-corrected chi connectivity index (χ3v) is 3.68. The number of imidazole rings is 1. The molecule has 1 heterocycles. The fourth-order valence-corrected chi connectivity index (χ4v) is 2.55. The topological polar surface area (TPSA) is 40.7 Å². The average molecular weight is 221 g/mol. The van der Waals surface area contributed by atoms with E-state index in [1.165, 1.54) is 44.2 Å². The number of hydrogen-bond donors (Lipinski definition) is 2. The summed E-state index contributed by atoms with van der Waals surface area (Å²) in [5.74, 6) is 0.974. The summed E-state index contributed by atoms with van der Waals surface area (Å²) in [6.45, 7) is 4.12. The molecule has 16 heavy (non-hydrogen) atoms. The van der Waals surface area contributed by atoms with Gasteiger partial charge in [0.15, 0.2) is 0 Å². The molecule has 0 radical (unpaired) electrons. The zero-order valence-corrected chi connectivity index (χ0v) is 10.3. The van der Waals surface area contributed by atoms with Gasteiger partial charge in [-0.25, -0.2) is 4.98 Å². The quantitative estimate of drug-likeness (QED) is 0.751. The lowest BCUT2D eigenvalue weighted by molar-refractivity contribution is 0.333. The van der Waals surface area contributed by atoms with Crippen LogP contribution in [-0.2, 0) is 6.54 Å². The molecule has 0 amide bonds. The van der Waals surface area contributed by atoms with Gasteiger partial charge in [0.05, 0.1) is 12.0 Å². The SMILES string of the molecule is Cc1[nH]cnc1CNCCC1CCCCC1. The highest BCUT2D eigenvalue weighted by Crippen LogP contribution is 2.25. The molecule has 1 aromatic rings. The first-order valence-corrected chi connectivity index (χ1v) is 6.56. The highest BCUT2D eigenvalue weighted by Gasteiger charge is 2.12. The molecule has 2 N–H and O–H groups in total. The summed E-state index contributed by atoms with van der Waals surface area (Å²) >= 11 is 0. The monoisotopic (exact) mass is 221 g/mol. The summed E-state index contributed by atoms with van der Waals surface area (Å²) in [6.07, 6.45) is 10.4. The minimum atomic E-state index is 0.905. The summed E-state index contributed by atoms with van der Waals surface area (Å²) < 4.78 is 0. The molecule has 0 atom stereocenters. The number of aromatic amines is 1. The van der Waals surface area contributed by atoms with Crippen LogP contribution in [0.2, 0.25) is 0 Å². The molecule has 1 saturated carbocycles. The molecule has 0 aromatic carbocycles. The first kappa shape index (κ1) is 11.6. The van der Waals surface area contributed by atoms with Gasteiger partial charge >= 0.3 is 0 Å². The van der Waals surface area contributed by atoms with Gasteiger partial charge in [-0.1, -0.05) is 32.1 Å². The maximum absolute atomic E-state index is 4.28. The normalized spacial score (nSPS) is 17.8. The van der Waals surface area contributed by atoms with Gasteiger partial charge in [-0.05, 0) is 25.8 Å². The summed E-state index contributed by atoms with van der Waals surface area (Å²) in [4.78, 5) is 7.39. The molecule has 1 aliphatic carbocycles. The standard InChI is InChI=1S/C13H23N3/c1-11-13(16-10-15-11)9-14-8-7-12-5-3-2-4-6-12/h10,12,14H,2-9H2,1H3,(H,15,16). The Morgan fingerprint density at radius 1 is 1.38 bits per heavy atom. The molecule has 90 valence electrons. The second-order valence-electron chi connectivity index (χ2n) is 4.94. The predicted octanol–water partition coefficient (Wildman–Crippen LogP) is 2.78. The number of rotatable bonds is 5. The number of H-pyrrole nitrogens is 1. The van der Waals surface area contributed by atoms with Crippen molar-refractivity contribution >= 4 is 0 Å². The largest absolute Gasteiger partial charge is 0.348 e. The van der Waals surface area contributed by atoms with Crippen molar-refractivity contribution in [2.45, 2.75) is 52.0 Å². The van der Waals surface area contributed by atoms with E-state index in [1.54, 1.807) is 6.33 Å². The zero-order valence-electron chi connectivity index (χ0n) is 10.3. The van der Waals surface area contributed by atoms with Gasteiger partial charge in [-0.15, -0.1) is 0 Å². The zero-order chi connectivity index (χ0) is 11.2. The fourth-order valence-electron chi connectivity index (χ4n) is 2.55. The molecule has 0 spiro atoms. The Morgan fingerprint density at radius 3 is 2.88 bits per heavy atom. The van der Waals surface area contributed by atoms with Crippen LogP contribution in [0.1, 0.15) is 49.9 Å². The second kappa shape index (κ2) is 6.04. The molecule has 0 saturated heterocycles. The third kappa shape index (κ3) is 3.34. The lowest BCUT2D eigenvalue weighted by atomic mass is 9.87. The molecule has 1 fully saturated rings. The van der Waals surface area contributed by atoms with E-state index in [4.69, 9.17) is 0 Å². The van der Waals surface area contributed by atoms with Crippen molar-refractivity contribution < 1.29 is 0 Å². The fraction of sp³-hybridized carbons (Fsp3) is 0.769. The Morgan fingerprint density at radius 2 is 2.19 bits per heavy atom. The molecule has 1 aliphatic rings. The van der Waals surface area contributed by atoms with Gasteiger partial charge in [0, 0.05) is 12.2 Å². The minimum absolute atomic E-state index is 0.905. The van der Waals surface area contributed by atoms with Crippen LogP contribution in [0.25, 0.3) is 0 Å². The number of nitrogens with zero attached hydrogens (tertiary/aromatic N) is 1. The van der Waals surface area contributed by atoms with Crippen molar-refractivity contribution in [2.75, 3.05) is 6.54 Å².